The van der Waals surface area contributed by atoms with Gasteiger partial charge in [0.15, 0.2) is 6.10 Å². The molecule has 55 heavy (non-hydrogen) atoms. The van der Waals surface area contributed by atoms with E-state index in [4.69, 9.17) is 14.2 Å². The first kappa shape index (κ1) is 52.9. The topological polar surface area (TPSA) is 78.9 Å². The van der Waals surface area contributed by atoms with Gasteiger partial charge in [0.05, 0.1) is 0 Å². The summed E-state index contributed by atoms with van der Waals surface area (Å²) >= 11 is 0. The number of hydrogen-bond acceptors (Lipinski definition) is 6. The Kier molecular flexibility index (Phi) is 42.9. The van der Waals surface area contributed by atoms with E-state index in [0.717, 1.165) is 64.2 Å². The molecule has 6 heteroatoms. The quantitative estimate of drug-likeness (QED) is 0.0266. The van der Waals surface area contributed by atoms with Gasteiger partial charge in [0, 0.05) is 19.3 Å². The van der Waals surface area contributed by atoms with Crippen LogP contribution in [0.5, 0.6) is 0 Å². The van der Waals surface area contributed by atoms with Crippen molar-refractivity contribution in [2.24, 2.45) is 0 Å². The van der Waals surface area contributed by atoms with Gasteiger partial charge in [0.2, 0.25) is 0 Å². The molecule has 0 N–H and O–H groups in total. The first-order valence-corrected chi connectivity index (χ1v) is 23.9. The molecule has 0 rings (SSSR count). The van der Waals surface area contributed by atoms with Crippen molar-refractivity contribution < 1.29 is 28.6 Å². The second-order valence-electron chi connectivity index (χ2n) is 16.1. The molecule has 0 aromatic heterocycles. The highest BCUT2D eigenvalue weighted by molar-refractivity contribution is 5.71. The van der Waals surface area contributed by atoms with E-state index in [1.807, 2.05) is 0 Å². The van der Waals surface area contributed by atoms with Gasteiger partial charge in [-0.3, -0.25) is 14.4 Å². The smallest absolute Gasteiger partial charge is 0.306 e. The third-order valence-corrected chi connectivity index (χ3v) is 10.5. The molecule has 0 aromatic rings. The van der Waals surface area contributed by atoms with E-state index in [2.05, 4.69) is 45.1 Å². The highest BCUT2D eigenvalue weighted by atomic mass is 16.6. The number of ether oxygens (including phenoxy) is 3. The third kappa shape index (κ3) is 42.9. The lowest BCUT2D eigenvalue weighted by Gasteiger charge is -2.18. The maximum absolute atomic E-state index is 12.7. The summed E-state index contributed by atoms with van der Waals surface area (Å²) in [5, 5.41) is 0. The van der Waals surface area contributed by atoms with Gasteiger partial charge in [-0.15, -0.1) is 0 Å². The molecule has 0 aliphatic heterocycles. The Morgan fingerprint density at radius 1 is 0.364 bits per heavy atom. The highest BCUT2D eigenvalue weighted by Gasteiger charge is 2.19. The summed E-state index contributed by atoms with van der Waals surface area (Å²) in [6, 6.07) is 0. The molecule has 6 nitrogen and oxygen atoms in total. The van der Waals surface area contributed by atoms with Gasteiger partial charge in [-0.2, -0.15) is 0 Å². The third-order valence-electron chi connectivity index (χ3n) is 10.5. The second kappa shape index (κ2) is 44.6. The van der Waals surface area contributed by atoms with Crippen molar-refractivity contribution >= 4 is 17.9 Å². The predicted octanol–water partition coefficient (Wildman–Crippen LogP) is 15.2. The van der Waals surface area contributed by atoms with Crippen molar-refractivity contribution in [2.75, 3.05) is 13.2 Å². The summed E-state index contributed by atoms with van der Waals surface area (Å²) in [5.41, 5.74) is 0. The lowest BCUT2D eigenvalue weighted by atomic mass is 10.0. The fourth-order valence-electron chi connectivity index (χ4n) is 6.84. The van der Waals surface area contributed by atoms with Crippen LogP contribution in [0.25, 0.3) is 0 Å². The number of allylic oxidation sites excluding steroid dienone is 4. The number of carbonyl (C=O) groups is 3. The Hall–Kier alpha value is -2.11. The van der Waals surface area contributed by atoms with Crippen LogP contribution in [0.1, 0.15) is 252 Å². The predicted molar refractivity (Wildman–Crippen MR) is 233 cm³/mol. The summed E-state index contributed by atoms with van der Waals surface area (Å²) in [5.74, 6) is -0.876. The largest absolute Gasteiger partial charge is 0.462 e. The summed E-state index contributed by atoms with van der Waals surface area (Å²) in [6.07, 6.45) is 48.7. The number of esters is 3. The van der Waals surface area contributed by atoms with E-state index >= 15 is 0 Å². The summed E-state index contributed by atoms with van der Waals surface area (Å²) in [7, 11) is 0. The maximum atomic E-state index is 12.7. The molecule has 1 unspecified atom stereocenters. The molecule has 0 bridgehead atoms. The zero-order valence-corrected chi connectivity index (χ0v) is 36.7. The van der Waals surface area contributed by atoms with Gasteiger partial charge in [0.1, 0.15) is 13.2 Å². The fraction of sp³-hybridized carbons (Fsp3) is 0.857. The molecule has 0 amide bonds. The van der Waals surface area contributed by atoms with Crippen molar-refractivity contribution in [3.63, 3.8) is 0 Å². The van der Waals surface area contributed by atoms with Gasteiger partial charge >= 0.3 is 17.9 Å². The van der Waals surface area contributed by atoms with Crippen LogP contribution >= 0.6 is 0 Å². The number of hydrogen-bond donors (Lipinski definition) is 0. The standard InChI is InChI=1S/C49H90O6/c1-4-7-10-13-16-19-22-24-25-26-28-30-33-36-39-42-48(51)54-45-46(44-53-47(50)41-38-35-32-29-21-18-15-12-9-6-3)55-49(52)43-40-37-34-31-27-23-20-17-14-11-8-5-2/h16,19,22,24,46H,4-15,17-18,20-21,23,25-45H2,1-3H3/b19-16-,24-22-. The molecular formula is C49H90O6. The molecule has 0 fully saturated rings. The zero-order chi connectivity index (χ0) is 40.1. The average Bonchev–Trinajstić information content (AvgIpc) is 3.18. The fourth-order valence-corrected chi connectivity index (χ4v) is 6.84. The molecule has 322 valence electrons. The normalized spacial score (nSPS) is 12.1. The highest BCUT2D eigenvalue weighted by Crippen LogP contribution is 2.15. The second-order valence-corrected chi connectivity index (χ2v) is 16.1. The molecule has 0 aliphatic rings. The number of carbonyl (C=O) groups excluding carboxylic acids is 3. The van der Waals surface area contributed by atoms with Gasteiger partial charge in [-0.05, 0) is 44.9 Å². The first-order chi connectivity index (χ1) is 27.0. The number of rotatable bonds is 43. The van der Waals surface area contributed by atoms with Crippen LogP contribution in [-0.4, -0.2) is 37.2 Å². The summed E-state index contributed by atoms with van der Waals surface area (Å²) in [6.45, 7) is 6.59. The minimum absolute atomic E-state index is 0.0709. The molecule has 0 heterocycles. The van der Waals surface area contributed by atoms with Gasteiger partial charge in [-0.25, -0.2) is 0 Å². The lowest BCUT2D eigenvalue weighted by molar-refractivity contribution is -0.167. The molecule has 1 atom stereocenters. The molecule has 0 spiro atoms. The van der Waals surface area contributed by atoms with Crippen LogP contribution in [0.2, 0.25) is 0 Å². The van der Waals surface area contributed by atoms with Crippen LogP contribution in [0.3, 0.4) is 0 Å². The van der Waals surface area contributed by atoms with Gasteiger partial charge in [0.25, 0.3) is 0 Å². The zero-order valence-electron chi connectivity index (χ0n) is 36.7. The molecule has 0 radical (unpaired) electrons. The number of unbranched alkanes of at least 4 members (excludes halogenated alkanes) is 29. The molecule has 0 aliphatic carbocycles. The molecular weight excluding hydrogens is 685 g/mol. The first-order valence-electron chi connectivity index (χ1n) is 23.9. The maximum Gasteiger partial charge on any atom is 0.306 e. The Balaban J connectivity index is 4.35. The van der Waals surface area contributed by atoms with Crippen molar-refractivity contribution in [2.45, 2.75) is 258 Å². The van der Waals surface area contributed by atoms with E-state index in [9.17, 15) is 14.4 Å². The van der Waals surface area contributed by atoms with E-state index < -0.39 is 6.10 Å². The van der Waals surface area contributed by atoms with Gasteiger partial charge in [-0.1, -0.05) is 212 Å². The van der Waals surface area contributed by atoms with Crippen molar-refractivity contribution in [3.8, 4) is 0 Å². The Morgan fingerprint density at radius 3 is 1.00 bits per heavy atom. The minimum Gasteiger partial charge on any atom is -0.462 e. The van der Waals surface area contributed by atoms with E-state index in [0.29, 0.717) is 19.3 Å². The Labute approximate surface area is 341 Å². The summed E-state index contributed by atoms with van der Waals surface area (Å²) in [4.78, 5) is 37.7. The van der Waals surface area contributed by atoms with Crippen molar-refractivity contribution in [1.82, 2.24) is 0 Å². The SMILES string of the molecule is CCCCC/C=C\C=C/CCCCCCCCC(=O)OCC(COC(=O)CCCCCCCCCCCC)OC(=O)CCCCCCCCCCCCCC. The van der Waals surface area contributed by atoms with Crippen molar-refractivity contribution in [1.29, 1.82) is 0 Å². The van der Waals surface area contributed by atoms with E-state index in [-0.39, 0.29) is 31.1 Å². The van der Waals surface area contributed by atoms with E-state index in [1.165, 1.54) is 148 Å². The monoisotopic (exact) mass is 775 g/mol. The Morgan fingerprint density at radius 2 is 0.636 bits per heavy atom. The molecule has 0 aromatic carbocycles. The van der Waals surface area contributed by atoms with Crippen molar-refractivity contribution in [3.05, 3.63) is 24.3 Å². The van der Waals surface area contributed by atoms with Crippen LogP contribution in [0.4, 0.5) is 0 Å². The average molecular weight is 775 g/mol. The van der Waals surface area contributed by atoms with Crippen LogP contribution in [0.15, 0.2) is 24.3 Å². The lowest BCUT2D eigenvalue weighted by Crippen LogP contribution is -2.30. The minimum atomic E-state index is -0.768. The van der Waals surface area contributed by atoms with Crippen LogP contribution in [-0.2, 0) is 28.6 Å². The van der Waals surface area contributed by atoms with E-state index in [1.54, 1.807) is 0 Å². The molecule has 0 saturated carbocycles. The summed E-state index contributed by atoms with van der Waals surface area (Å²) < 4.78 is 16.7. The van der Waals surface area contributed by atoms with Crippen LogP contribution < -0.4 is 0 Å². The van der Waals surface area contributed by atoms with Gasteiger partial charge < -0.3 is 14.2 Å². The Bertz CT molecular complexity index is 896. The molecule has 0 saturated heterocycles. The van der Waals surface area contributed by atoms with Crippen LogP contribution in [0, 0.1) is 0 Å².